The molecule has 1 aliphatic rings. The first-order valence-corrected chi connectivity index (χ1v) is 10.3. The highest BCUT2D eigenvalue weighted by atomic mass is 19.4. The summed E-state index contributed by atoms with van der Waals surface area (Å²) in [6, 6.07) is 4.39. The van der Waals surface area contributed by atoms with E-state index in [0.717, 1.165) is 6.42 Å². The molecule has 0 unspecified atom stereocenters. The maximum absolute atomic E-state index is 12.8. The van der Waals surface area contributed by atoms with Crippen LogP contribution in [-0.4, -0.2) is 54.6 Å². The number of carbonyl (C=O) groups is 2. The third-order valence-corrected chi connectivity index (χ3v) is 5.32. The van der Waals surface area contributed by atoms with Crippen LogP contribution in [0.2, 0.25) is 0 Å². The number of nitrogens with one attached hydrogen (secondary N) is 2. The van der Waals surface area contributed by atoms with Crippen LogP contribution in [0.4, 0.5) is 24.8 Å². The maximum Gasteiger partial charge on any atom is 0.490 e. The molecule has 3 heterocycles. The fraction of sp³-hybridized carbons (Fsp3) is 0.400. The van der Waals surface area contributed by atoms with E-state index in [-0.39, 0.29) is 29.4 Å². The van der Waals surface area contributed by atoms with Crippen molar-refractivity contribution < 1.29 is 27.5 Å². The van der Waals surface area contributed by atoms with E-state index in [2.05, 4.69) is 30.6 Å². The number of anilines is 2. The number of aromatic nitrogens is 5. The number of carbonyl (C=O) groups excluding carboxylic acids is 2. The number of hydrogen-bond acceptors (Lipinski definition) is 8. The second-order valence-electron chi connectivity index (χ2n) is 7.74. The Bertz CT molecular complexity index is 1280. The summed E-state index contributed by atoms with van der Waals surface area (Å²) in [5, 5.41) is 22.9. The quantitative estimate of drug-likeness (QED) is 0.535. The molecule has 0 aromatic carbocycles. The second kappa shape index (κ2) is 9.00. The summed E-state index contributed by atoms with van der Waals surface area (Å²) in [6.45, 7) is 0. The number of aryl methyl sites for hydroxylation is 1. The summed E-state index contributed by atoms with van der Waals surface area (Å²) < 4.78 is 45.3. The van der Waals surface area contributed by atoms with Gasteiger partial charge in [-0.25, -0.2) is 14.3 Å². The summed E-state index contributed by atoms with van der Waals surface area (Å²) in [4.78, 5) is 28.3. The van der Waals surface area contributed by atoms with Gasteiger partial charge in [0.25, 0.3) is 5.91 Å². The lowest BCUT2D eigenvalue weighted by Gasteiger charge is -2.31. The van der Waals surface area contributed by atoms with E-state index >= 15 is 0 Å². The lowest BCUT2D eigenvalue weighted by atomic mass is 9.92. The fourth-order valence-electron chi connectivity index (χ4n) is 3.76. The highest BCUT2D eigenvalue weighted by Gasteiger charge is 2.43. The van der Waals surface area contributed by atoms with E-state index in [4.69, 9.17) is 5.26 Å². The van der Waals surface area contributed by atoms with Crippen LogP contribution >= 0.6 is 0 Å². The van der Waals surface area contributed by atoms with Crippen LogP contribution in [0.5, 0.6) is 0 Å². The zero-order chi connectivity index (χ0) is 24.5. The SMILES string of the molecule is Cn1cc(NC(=O)c2ccc3cnc(N[C@@H]4CCCC[C@@H]4OC(=O)C(F)(F)F)nn23)c(C#N)n1. The molecule has 2 N–H and O–H groups in total. The molecular weight excluding hydrogens is 457 g/mol. The van der Waals surface area contributed by atoms with Crippen molar-refractivity contribution in [2.24, 2.45) is 7.05 Å². The Kier molecular flexibility index (Phi) is 6.10. The Hall–Kier alpha value is -4.15. The van der Waals surface area contributed by atoms with E-state index in [0.29, 0.717) is 18.4 Å². The van der Waals surface area contributed by atoms with Crippen molar-refractivity contribution in [3.05, 3.63) is 35.9 Å². The standard InChI is InChI=1S/C20H19F3N8O3/c1-30-10-14(13(8-24)28-30)26-17(32)15-7-6-11-9-25-19(29-31(11)15)27-12-4-2-3-5-16(12)34-18(33)20(21,22)23/h6-7,9-10,12,16H,2-5H2,1H3,(H,26,32)(H,27,29)/t12-,16+/m1/s1. The van der Waals surface area contributed by atoms with Gasteiger partial charge in [-0.1, -0.05) is 6.42 Å². The molecule has 0 spiro atoms. The molecule has 1 aliphatic carbocycles. The first-order chi connectivity index (χ1) is 16.2. The van der Waals surface area contributed by atoms with E-state index in [1.807, 2.05) is 6.07 Å². The normalized spacial score (nSPS) is 18.3. The smallest absolute Gasteiger partial charge is 0.454 e. The van der Waals surface area contributed by atoms with E-state index in [1.54, 1.807) is 13.1 Å². The highest BCUT2D eigenvalue weighted by Crippen LogP contribution is 2.27. The molecule has 2 atom stereocenters. The minimum Gasteiger partial charge on any atom is -0.454 e. The van der Waals surface area contributed by atoms with Gasteiger partial charge in [0, 0.05) is 13.2 Å². The van der Waals surface area contributed by atoms with Gasteiger partial charge in [0.05, 0.1) is 23.4 Å². The monoisotopic (exact) mass is 476 g/mol. The Morgan fingerprint density at radius 2 is 2.00 bits per heavy atom. The molecule has 4 rings (SSSR count). The van der Waals surface area contributed by atoms with Gasteiger partial charge in [-0.05, 0) is 31.4 Å². The van der Waals surface area contributed by atoms with Crippen molar-refractivity contribution in [2.45, 2.75) is 44.0 Å². The van der Waals surface area contributed by atoms with Crippen molar-refractivity contribution >= 4 is 29.0 Å². The third kappa shape index (κ3) is 4.77. The average molecular weight is 476 g/mol. The van der Waals surface area contributed by atoms with Gasteiger partial charge in [0.2, 0.25) is 5.95 Å². The molecule has 0 saturated heterocycles. The van der Waals surface area contributed by atoms with Gasteiger partial charge >= 0.3 is 12.1 Å². The Morgan fingerprint density at radius 3 is 2.74 bits per heavy atom. The zero-order valence-electron chi connectivity index (χ0n) is 17.8. The van der Waals surface area contributed by atoms with Crippen molar-refractivity contribution in [1.29, 1.82) is 5.26 Å². The first kappa shape index (κ1) is 23.0. The van der Waals surface area contributed by atoms with Crippen LogP contribution in [0.25, 0.3) is 5.52 Å². The molecule has 178 valence electrons. The molecular formula is C20H19F3N8O3. The number of halogens is 3. The molecule has 3 aromatic rings. The van der Waals surface area contributed by atoms with Crippen molar-refractivity contribution in [3.8, 4) is 6.07 Å². The summed E-state index contributed by atoms with van der Waals surface area (Å²) in [6.07, 6.45) is -1.08. The number of ether oxygens (including phenoxy) is 1. The molecule has 11 nitrogen and oxygen atoms in total. The predicted molar refractivity (Wildman–Crippen MR) is 111 cm³/mol. The number of nitrogens with zero attached hydrogens (tertiary/aromatic N) is 6. The molecule has 0 radical (unpaired) electrons. The molecule has 3 aromatic heterocycles. The molecule has 0 bridgehead atoms. The number of amides is 1. The largest absolute Gasteiger partial charge is 0.490 e. The number of hydrogen-bond donors (Lipinski definition) is 2. The number of fused-ring (bicyclic) bond motifs is 1. The van der Waals surface area contributed by atoms with Gasteiger partial charge in [-0.3, -0.25) is 9.48 Å². The van der Waals surface area contributed by atoms with Gasteiger partial charge in [0.15, 0.2) is 5.69 Å². The predicted octanol–water partition coefficient (Wildman–Crippen LogP) is 2.42. The van der Waals surface area contributed by atoms with Gasteiger partial charge < -0.3 is 15.4 Å². The van der Waals surface area contributed by atoms with E-state index < -0.39 is 30.2 Å². The van der Waals surface area contributed by atoms with Crippen LogP contribution in [0, 0.1) is 11.3 Å². The van der Waals surface area contributed by atoms with E-state index in [1.165, 1.54) is 27.7 Å². The van der Waals surface area contributed by atoms with Gasteiger partial charge in [-0.2, -0.15) is 23.5 Å². The van der Waals surface area contributed by atoms with Crippen LogP contribution in [0.1, 0.15) is 41.9 Å². The van der Waals surface area contributed by atoms with Crippen molar-refractivity contribution in [1.82, 2.24) is 24.4 Å². The minimum atomic E-state index is -5.08. The lowest BCUT2D eigenvalue weighted by molar-refractivity contribution is -0.206. The van der Waals surface area contributed by atoms with Crippen LogP contribution < -0.4 is 10.6 Å². The summed E-state index contributed by atoms with van der Waals surface area (Å²) in [7, 11) is 1.61. The Labute approximate surface area is 190 Å². The Morgan fingerprint density at radius 1 is 1.24 bits per heavy atom. The highest BCUT2D eigenvalue weighted by molar-refractivity contribution is 6.04. The molecule has 1 saturated carbocycles. The molecule has 34 heavy (non-hydrogen) atoms. The van der Waals surface area contributed by atoms with Crippen LogP contribution in [0.3, 0.4) is 0 Å². The van der Waals surface area contributed by atoms with Crippen molar-refractivity contribution in [2.75, 3.05) is 10.6 Å². The van der Waals surface area contributed by atoms with Crippen molar-refractivity contribution in [3.63, 3.8) is 0 Å². The second-order valence-corrected chi connectivity index (χ2v) is 7.74. The summed E-state index contributed by atoms with van der Waals surface area (Å²) >= 11 is 0. The summed E-state index contributed by atoms with van der Waals surface area (Å²) in [5.41, 5.74) is 0.905. The average Bonchev–Trinajstić information content (AvgIpc) is 3.36. The molecule has 14 heteroatoms. The molecule has 1 fully saturated rings. The Balaban J connectivity index is 1.54. The first-order valence-electron chi connectivity index (χ1n) is 10.3. The fourth-order valence-corrected chi connectivity index (χ4v) is 3.76. The molecule has 1 amide bonds. The topological polar surface area (TPSA) is 139 Å². The zero-order valence-corrected chi connectivity index (χ0v) is 17.8. The number of nitriles is 1. The van der Waals surface area contributed by atoms with Gasteiger partial charge in [-0.15, -0.1) is 5.10 Å². The van der Waals surface area contributed by atoms with E-state index in [9.17, 15) is 22.8 Å². The summed E-state index contributed by atoms with van der Waals surface area (Å²) in [5.74, 6) is -2.74. The van der Waals surface area contributed by atoms with Crippen LogP contribution in [0.15, 0.2) is 24.5 Å². The number of esters is 1. The minimum absolute atomic E-state index is 0.0467. The van der Waals surface area contributed by atoms with Crippen LogP contribution in [-0.2, 0) is 16.6 Å². The maximum atomic E-state index is 12.8. The lowest BCUT2D eigenvalue weighted by Crippen LogP contribution is -2.42. The van der Waals surface area contributed by atoms with Gasteiger partial charge in [0.1, 0.15) is 17.9 Å². The number of alkyl halides is 3. The number of rotatable bonds is 5. The molecule has 0 aliphatic heterocycles. The third-order valence-electron chi connectivity index (χ3n) is 5.32.